The summed E-state index contributed by atoms with van der Waals surface area (Å²) in [6, 6.07) is 1.73. The summed E-state index contributed by atoms with van der Waals surface area (Å²) in [5, 5.41) is 14.8. The number of fused-ring (bicyclic) bond motifs is 1. The molecule has 0 saturated carbocycles. The van der Waals surface area contributed by atoms with Crippen LogP contribution in [0, 0.1) is 6.92 Å². The molecule has 0 aliphatic carbocycles. The number of hydrogen-bond donors (Lipinski definition) is 2. The molecule has 0 unspecified atom stereocenters. The van der Waals surface area contributed by atoms with Crippen LogP contribution >= 0.6 is 11.3 Å². The van der Waals surface area contributed by atoms with Gasteiger partial charge in [0.1, 0.15) is 9.71 Å². The third kappa shape index (κ3) is 2.18. The molecule has 0 spiro atoms. The quantitative estimate of drug-likeness (QED) is 0.735. The number of nitrogen functional groups attached to an aromatic ring is 1. The number of carbonyl (C=O) groups is 1. The van der Waals surface area contributed by atoms with Crippen LogP contribution in [0.3, 0.4) is 0 Å². The Morgan fingerprint density at radius 1 is 1.55 bits per heavy atom. The topological polar surface area (TPSA) is 120 Å². The average Bonchev–Trinajstić information content (AvgIpc) is 3.01. The first-order chi connectivity index (χ1) is 9.65. The van der Waals surface area contributed by atoms with Crippen molar-refractivity contribution >= 4 is 33.1 Å². The minimum absolute atomic E-state index is 0.176. The molecule has 3 aromatic heterocycles. The molecule has 102 valence electrons. The molecule has 0 saturated heterocycles. The lowest BCUT2D eigenvalue weighted by Gasteiger charge is -2.00. The maximum absolute atomic E-state index is 12.1. The molecule has 0 radical (unpaired) electrons. The Morgan fingerprint density at radius 2 is 2.40 bits per heavy atom. The second kappa shape index (κ2) is 4.85. The second-order valence-electron chi connectivity index (χ2n) is 4.01. The Balaban J connectivity index is 1.80. The summed E-state index contributed by atoms with van der Waals surface area (Å²) in [4.78, 5) is 17.1. The smallest absolute Gasteiger partial charge is 0.263 e. The van der Waals surface area contributed by atoms with Crippen LogP contribution in [0.1, 0.15) is 21.4 Å². The SMILES string of the molecule is Cc1nc(CNC(=O)c2sc3nnccc3c2N)no1. The minimum atomic E-state index is -0.298. The molecule has 0 aromatic carbocycles. The highest BCUT2D eigenvalue weighted by molar-refractivity contribution is 7.21. The van der Waals surface area contributed by atoms with Gasteiger partial charge in [0.2, 0.25) is 5.89 Å². The number of aryl methyl sites for hydroxylation is 1. The van der Waals surface area contributed by atoms with E-state index in [4.69, 9.17) is 10.3 Å². The fourth-order valence-electron chi connectivity index (χ4n) is 1.69. The van der Waals surface area contributed by atoms with Crippen LogP contribution < -0.4 is 11.1 Å². The van der Waals surface area contributed by atoms with Gasteiger partial charge in [-0.25, -0.2) is 0 Å². The van der Waals surface area contributed by atoms with E-state index < -0.39 is 0 Å². The van der Waals surface area contributed by atoms with Gasteiger partial charge in [-0.3, -0.25) is 4.79 Å². The van der Waals surface area contributed by atoms with E-state index in [1.165, 1.54) is 17.5 Å². The van der Waals surface area contributed by atoms with Crippen LogP contribution in [0.5, 0.6) is 0 Å². The summed E-state index contributed by atoms with van der Waals surface area (Å²) in [7, 11) is 0. The fraction of sp³-hybridized carbons (Fsp3) is 0.182. The number of nitrogens with one attached hydrogen (secondary N) is 1. The summed E-state index contributed by atoms with van der Waals surface area (Å²) in [5.74, 6) is 0.564. The average molecular weight is 290 g/mol. The number of rotatable bonds is 3. The van der Waals surface area contributed by atoms with E-state index >= 15 is 0 Å². The first-order valence-electron chi connectivity index (χ1n) is 5.72. The third-order valence-electron chi connectivity index (χ3n) is 2.60. The Kier molecular flexibility index (Phi) is 3.03. The van der Waals surface area contributed by atoms with Crippen LogP contribution in [-0.2, 0) is 6.54 Å². The molecule has 1 amide bonds. The third-order valence-corrected chi connectivity index (χ3v) is 3.71. The molecular formula is C11H10N6O2S. The predicted molar refractivity (Wildman–Crippen MR) is 72.0 cm³/mol. The van der Waals surface area contributed by atoms with Crippen molar-refractivity contribution in [3.63, 3.8) is 0 Å². The summed E-state index contributed by atoms with van der Waals surface area (Å²) >= 11 is 1.20. The van der Waals surface area contributed by atoms with E-state index in [-0.39, 0.29) is 12.5 Å². The highest BCUT2D eigenvalue weighted by Crippen LogP contribution is 2.31. The van der Waals surface area contributed by atoms with Gasteiger partial charge in [-0.05, 0) is 6.07 Å². The minimum Gasteiger partial charge on any atom is -0.397 e. The second-order valence-corrected chi connectivity index (χ2v) is 5.01. The lowest BCUT2D eigenvalue weighted by molar-refractivity contribution is 0.0954. The zero-order chi connectivity index (χ0) is 14.1. The molecule has 0 fully saturated rings. The van der Waals surface area contributed by atoms with Crippen molar-refractivity contribution in [1.82, 2.24) is 25.7 Å². The number of anilines is 1. The van der Waals surface area contributed by atoms with Gasteiger partial charge in [-0.2, -0.15) is 10.1 Å². The zero-order valence-electron chi connectivity index (χ0n) is 10.5. The van der Waals surface area contributed by atoms with Crippen LogP contribution in [-0.4, -0.2) is 26.2 Å². The van der Waals surface area contributed by atoms with Crippen molar-refractivity contribution in [3.05, 3.63) is 28.9 Å². The van der Waals surface area contributed by atoms with Crippen molar-refractivity contribution < 1.29 is 9.32 Å². The van der Waals surface area contributed by atoms with Crippen LogP contribution in [0.15, 0.2) is 16.8 Å². The van der Waals surface area contributed by atoms with Crippen molar-refractivity contribution in [2.75, 3.05) is 5.73 Å². The molecule has 0 atom stereocenters. The number of carbonyl (C=O) groups excluding carboxylic acids is 1. The van der Waals surface area contributed by atoms with Crippen molar-refractivity contribution in [3.8, 4) is 0 Å². The molecule has 3 heterocycles. The summed E-state index contributed by atoms with van der Waals surface area (Å²) in [5.41, 5.74) is 6.35. The molecule has 0 aliphatic heterocycles. The number of thiophene rings is 1. The molecular weight excluding hydrogens is 280 g/mol. The first kappa shape index (κ1) is 12.5. The van der Waals surface area contributed by atoms with E-state index in [9.17, 15) is 4.79 Å². The van der Waals surface area contributed by atoms with Gasteiger partial charge < -0.3 is 15.6 Å². The first-order valence-corrected chi connectivity index (χ1v) is 6.54. The molecule has 8 nitrogen and oxygen atoms in total. The monoisotopic (exact) mass is 290 g/mol. The van der Waals surface area contributed by atoms with Gasteiger partial charge in [0.05, 0.1) is 18.4 Å². The standard InChI is InChI=1S/C11H10N6O2S/c1-5-15-7(17-19-5)4-13-10(18)9-8(12)6-2-3-14-16-11(6)20-9/h2-3H,4,12H2,1H3,(H,13,18). The van der Waals surface area contributed by atoms with E-state index in [2.05, 4.69) is 25.7 Å². The largest absolute Gasteiger partial charge is 0.397 e. The molecule has 3 N–H and O–H groups in total. The molecule has 0 bridgehead atoms. The summed E-state index contributed by atoms with van der Waals surface area (Å²) in [6.07, 6.45) is 1.54. The lowest BCUT2D eigenvalue weighted by Crippen LogP contribution is -2.23. The van der Waals surface area contributed by atoms with Crippen LogP contribution in [0.4, 0.5) is 5.69 Å². The summed E-state index contributed by atoms with van der Waals surface area (Å²) < 4.78 is 4.82. The van der Waals surface area contributed by atoms with E-state index in [1.807, 2.05) is 0 Å². The van der Waals surface area contributed by atoms with Gasteiger partial charge in [0.15, 0.2) is 5.82 Å². The molecule has 9 heteroatoms. The normalized spacial score (nSPS) is 10.8. The Bertz CT molecular complexity index is 780. The van der Waals surface area contributed by atoms with Crippen LogP contribution in [0.25, 0.3) is 10.2 Å². The summed E-state index contributed by atoms with van der Waals surface area (Å²) in [6.45, 7) is 1.86. The van der Waals surface area contributed by atoms with Crippen molar-refractivity contribution in [2.24, 2.45) is 0 Å². The van der Waals surface area contributed by atoms with Gasteiger partial charge in [-0.1, -0.05) is 5.16 Å². The van der Waals surface area contributed by atoms with Gasteiger partial charge in [0.25, 0.3) is 5.91 Å². The number of nitrogens with zero attached hydrogens (tertiary/aromatic N) is 4. The van der Waals surface area contributed by atoms with E-state index in [0.29, 0.717) is 27.1 Å². The number of amides is 1. The van der Waals surface area contributed by atoms with Gasteiger partial charge in [-0.15, -0.1) is 16.4 Å². The maximum atomic E-state index is 12.1. The van der Waals surface area contributed by atoms with Crippen molar-refractivity contribution in [2.45, 2.75) is 13.5 Å². The molecule has 20 heavy (non-hydrogen) atoms. The Labute approximate surface area is 117 Å². The fourth-order valence-corrected chi connectivity index (χ4v) is 2.65. The zero-order valence-corrected chi connectivity index (χ0v) is 11.3. The van der Waals surface area contributed by atoms with Gasteiger partial charge >= 0.3 is 0 Å². The predicted octanol–water partition coefficient (Wildman–Crippen LogP) is 0.895. The molecule has 0 aliphatic rings. The van der Waals surface area contributed by atoms with E-state index in [1.54, 1.807) is 13.0 Å². The molecule has 3 aromatic rings. The number of aromatic nitrogens is 4. The number of nitrogens with two attached hydrogens (primary N) is 1. The maximum Gasteiger partial charge on any atom is 0.263 e. The highest BCUT2D eigenvalue weighted by Gasteiger charge is 2.17. The van der Waals surface area contributed by atoms with Crippen LogP contribution in [0.2, 0.25) is 0 Å². The Hall–Kier alpha value is -2.55. The lowest BCUT2D eigenvalue weighted by atomic mass is 10.3. The van der Waals surface area contributed by atoms with Crippen molar-refractivity contribution in [1.29, 1.82) is 0 Å². The number of hydrogen-bond acceptors (Lipinski definition) is 8. The van der Waals surface area contributed by atoms with E-state index in [0.717, 1.165) is 5.39 Å². The van der Waals surface area contributed by atoms with Gasteiger partial charge in [0, 0.05) is 12.3 Å². The Morgan fingerprint density at radius 3 is 3.10 bits per heavy atom. The molecule has 3 rings (SSSR count). The highest BCUT2D eigenvalue weighted by atomic mass is 32.1.